The molecular weight excluding hydrogens is 258 g/mol. The second kappa shape index (κ2) is 8.19. The van der Waals surface area contributed by atoms with Gasteiger partial charge in [0.1, 0.15) is 5.75 Å². The van der Waals surface area contributed by atoms with E-state index in [1.165, 1.54) is 0 Å². The van der Waals surface area contributed by atoms with Crippen LogP contribution in [-0.4, -0.2) is 30.6 Å². The fourth-order valence-electron chi connectivity index (χ4n) is 1.80. The highest BCUT2D eigenvalue weighted by molar-refractivity contribution is 5.76. The molecule has 0 spiro atoms. The Labute approximate surface area is 118 Å². The van der Waals surface area contributed by atoms with Crippen molar-refractivity contribution in [3.63, 3.8) is 0 Å². The number of rotatable bonds is 8. The van der Waals surface area contributed by atoms with Gasteiger partial charge in [-0.1, -0.05) is 25.1 Å². The molecule has 0 aliphatic rings. The highest BCUT2D eigenvalue weighted by atomic mass is 16.5. The molecule has 1 aromatic rings. The minimum atomic E-state index is -0.840. The summed E-state index contributed by atoms with van der Waals surface area (Å²) < 4.78 is 5.22. The third-order valence-electron chi connectivity index (χ3n) is 3.14. The van der Waals surface area contributed by atoms with Crippen LogP contribution in [0.5, 0.6) is 5.75 Å². The summed E-state index contributed by atoms with van der Waals surface area (Å²) in [6.07, 6.45) is 1.40. The van der Waals surface area contributed by atoms with Crippen LogP contribution in [0.15, 0.2) is 24.3 Å². The van der Waals surface area contributed by atoms with Crippen LogP contribution in [0.3, 0.4) is 0 Å². The lowest BCUT2D eigenvalue weighted by Gasteiger charge is -2.09. The van der Waals surface area contributed by atoms with Gasteiger partial charge in [0.2, 0.25) is 5.91 Å². The predicted molar refractivity (Wildman–Crippen MR) is 75.7 cm³/mol. The normalized spacial score (nSPS) is 11.7. The van der Waals surface area contributed by atoms with E-state index >= 15 is 0 Å². The van der Waals surface area contributed by atoms with Crippen molar-refractivity contribution in [2.24, 2.45) is 5.92 Å². The van der Waals surface area contributed by atoms with E-state index < -0.39 is 11.9 Å². The summed E-state index contributed by atoms with van der Waals surface area (Å²) in [5.74, 6) is -0.578. The molecule has 0 saturated heterocycles. The molecule has 5 heteroatoms. The van der Waals surface area contributed by atoms with Crippen LogP contribution in [0.25, 0.3) is 0 Å². The maximum absolute atomic E-state index is 11.7. The lowest BCUT2D eigenvalue weighted by Crippen LogP contribution is -2.27. The van der Waals surface area contributed by atoms with E-state index in [4.69, 9.17) is 9.84 Å². The van der Waals surface area contributed by atoms with E-state index in [-0.39, 0.29) is 5.91 Å². The molecule has 0 bridgehead atoms. The average Bonchev–Trinajstić information content (AvgIpc) is 2.45. The van der Waals surface area contributed by atoms with Gasteiger partial charge in [0, 0.05) is 13.0 Å². The maximum Gasteiger partial charge on any atom is 0.306 e. The van der Waals surface area contributed by atoms with Crippen LogP contribution in [0.1, 0.15) is 25.3 Å². The van der Waals surface area contributed by atoms with Crippen molar-refractivity contribution < 1.29 is 19.4 Å². The standard InChI is InChI=1S/C15H21NO4/c1-11(15(18)19)9-10-16-14(17)8-7-12-5-3-4-6-13(12)20-2/h3-6,11H,7-10H2,1-2H3,(H,16,17)(H,18,19). The number of carboxylic acids is 1. The second-order valence-electron chi connectivity index (χ2n) is 4.69. The van der Waals surface area contributed by atoms with Crippen molar-refractivity contribution in [2.45, 2.75) is 26.2 Å². The first-order chi connectivity index (χ1) is 9.54. The van der Waals surface area contributed by atoms with Crippen molar-refractivity contribution in [3.8, 4) is 5.75 Å². The van der Waals surface area contributed by atoms with Crippen LogP contribution in [0, 0.1) is 5.92 Å². The SMILES string of the molecule is COc1ccccc1CCC(=O)NCCC(C)C(=O)O. The summed E-state index contributed by atoms with van der Waals surface area (Å²) in [6, 6.07) is 7.58. The number of para-hydroxylation sites is 1. The molecule has 1 atom stereocenters. The largest absolute Gasteiger partial charge is 0.496 e. The van der Waals surface area contributed by atoms with Gasteiger partial charge in [-0.05, 0) is 24.5 Å². The minimum absolute atomic E-state index is 0.0755. The lowest BCUT2D eigenvalue weighted by molar-refractivity contribution is -0.141. The van der Waals surface area contributed by atoms with Gasteiger partial charge in [-0.15, -0.1) is 0 Å². The van der Waals surface area contributed by atoms with Crippen molar-refractivity contribution in [2.75, 3.05) is 13.7 Å². The molecule has 1 amide bonds. The first kappa shape index (κ1) is 16.0. The van der Waals surface area contributed by atoms with Crippen molar-refractivity contribution in [1.29, 1.82) is 0 Å². The molecule has 0 saturated carbocycles. The molecule has 5 nitrogen and oxygen atoms in total. The summed E-state index contributed by atoms with van der Waals surface area (Å²) >= 11 is 0. The smallest absolute Gasteiger partial charge is 0.306 e. The first-order valence-electron chi connectivity index (χ1n) is 6.66. The van der Waals surface area contributed by atoms with Crippen LogP contribution in [-0.2, 0) is 16.0 Å². The van der Waals surface area contributed by atoms with Crippen LogP contribution in [0.4, 0.5) is 0 Å². The zero-order chi connectivity index (χ0) is 15.0. The average molecular weight is 279 g/mol. The van der Waals surface area contributed by atoms with Crippen LogP contribution >= 0.6 is 0 Å². The Morgan fingerprint density at radius 1 is 1.35 bits per heavy atom. The van der Waals surface area contributed by atoms with E-state index in [0.29, 0.717) is 25.8 Å². The monoisotopic (exact) mass is 279 g/mol. The number of hydrogen-bond acceptors (Lipinski definition) is 3. The van der Waals surface area contributed by atoms with Gasteiger partial charge in [0.15, 0.2) is 0 Å². The Morgan fingerprint density at radius 3 is 2.70 bits per heavy atom. The summed E-state index contributed by atoms with van der Waals surface area (Å²) in [4.78, 5) is 22.3. The number of hydrogen-bond donors (Lipinski definition) is 2. The number of nitrogens with one attached hydrogen (secondary N) is 1. The van der Waals surface area contributed by atoms with Gasteiger partial charge in [0.25, 0.3) is 0 Å². The quantitative estimate of drug-likeness (QED) is 0.761. The minimum Gasteiger partial charge on any atom is -0.496 e. The van der Waals surface area contributed by atoms with Gasteiger partial charge in [-0.3, -0.25) is 9.59 Å². The number of amides is 1. The highest BCUT2D eigenvalue weighted by Crippen LogP contribution is 2.18. The molecule has 110 valence electrons. The zero-order valence-corrected chi connectivity index (χ0v) is 11.9. The molecule has 20 heavy (non-hydrogen) atoms. The van der Waals surface area contributed by atoms with Crippen molar-refractivity contribution >= 4 is 11.9 Å². The Kier molecular flexibility index (Phi) is 6.56. The molecule has 0 fully saturated rings. The van der Waals surface area contributed by atoms with Crippen molar-refractivity contribution in [3.05, 3.63) is 29.8 Å². The van der Waals surface area contributed by atoms with Gasteiger partial charge in [0.05, 0.1) is 13.0 Å². The van der Waals surface area contributed by atoms with Crippen LogP contribution < -0.4 is 10.1 Å². The van der Waals surface area contributed by atoms with Gasteiger partial charge in [-0.25, -0.2) is 0 Å². The Hall–Kier alpha value is -2.04. The molecule has 0 aliphatic heterocycles. The number of carboxylic acid groups (broad SMARTS) is 1. The molecule has 1 aromatic carbocycles. The first-order valence-corrected chi connectivity index (χ1v) is 6.66. The van der Waals surface area contributed by atoms with E-state index in [0.717, 1.165) is 11.3 Å². The molecule has 0 aliphatic carbocycles. The van der Waals surface area contributed by atoms with E-state index in [9.17, 15) is 9.59 Å². The molecule has 0 aromatic heterocycles. The Morgan fingerprint density at radius 2 is 2.05 bits per heavy atom. The number of ether oxygens (including phenoxy) is 1. The van der Waals surface area contributed by atoms with Gasteiger partial charge < -0.3 is 15.2 Å². The van der Waals surface area contributed by atoms with Crippen molar-refractivity contribution in [1.82, 2.24) is 5.32 Å². The molecule has 1 rings (SSSR count). The van der Waals surface area contributed by atoms with E-state index in [2.05, 4.69) is 5.32 Å². The van der Waals surface area contributed by atoms with Crippen LogP contribution in [0.2, 0.25) is 0 Å². The topological polar surface area (TPSA) is 75.6 Å². The number of aryl methyl sites for hydroxylation is 1. The summed E-state index contributed by atoms with van der Waals surface area (Å²) in [6.45, 7) is 2.02. The number of carbonyl (C=O) groups excluding carboxylic acids is 1. The summed E-state index contributed by atoms with van der Waals surface area (Å²) in [5.41, 5.74) is 0.990. The molecule has 0 heterocycles. The highest BCUT2D eigenvalue weighted by Gasteiger charge is 2.11. The second-order valence-corrected chi connectivity index (χ2v) is 4.69. The third-order valence-corrected chi connectivity index (χ3v) is 3.14. The molecular formula is C15H21NO4. The van der Waals surface area contributed by atoms with Gasteiger partial charge >= 0.3 is 5.97 Å². The molecule has 1 unspecified atom stereocenters. The number of methoxy groups -OCH3 is 1. The predicted octanol–water partition coefficient (Wildman–Crippen LogP) is 1.85. The third kappa shape index (κ3) is 5.30. The number of carbonyl (C=O) groups is 2. The fraction of sp³-hybridized carbons (Fsp3) is 0.467. The number of aliphatic carboxylic acids is 1. The Bertz CT molecular complexity index is 459. The van der Waals surface area contributed by atoms with Gasteiger partial charge in [-0.2, -0.15) is 0 Å². The van der Waals surface area contributed by atoms with E-state index in [1.807, 2.05) is 24.3 Å². The fourth-order valence-corrected chi connectivity index (χ4v) is 1.80. The lowest BCUT2D eigenvalue weighted by atomic mass is 10.1. The zero-order valence-electron chi connectivity index (χ0n) is 11.9. The van der Waals surface area contributed by atoms with E-state index in [1.54, 1.807) is 14.0 Å². The maximum atomic E-state index is 11.7. The molecule has 2 N–H and O–H groups in total. The molecule has 0 radical (unpaired) electrons. The Balaban J connectivity index is 2.31. The summed E-state index contributed by atoms with van der Waals surface area (Å²) in [7, 11) is 1.60. The summed E-state index contributed by atoms with van der Waals surface area (Å²) in [5, 5.41) is 11.5. The number of benzene rings is 1.